The molecule has 0 amide bonds. The van der Waals surface area contributed by atoms with E-state index in [4.69, 9.17) is 13.8 Å². The van der Waals surface area contributed by atoms with Gasteiger partial charge in [0.25, 0.3) is 0 Å². The topological polar surface area (TPSA) is 73.9 Å². The van der Waals surface area contributed by atoms with Crippen LogP contribution in [0, 0.1) is 5.92 Å². The number of rotatable bonds is 7. The highest BCUT2D eigenvalue weighted by Crippen LogP contribution is 2.57. The summed E-state index contributed by atoms with van der Waals surface area (Å²) in [5, 5.41) is 3.27. The van der Waals surface area contributed by atoms with Crippen LogP contribution in [0.5, 0.6) is 0 Å². The van der Waals surface area contributed by atoms with Crippen LogP contribution in [0.15, 0.2) is 28.7 Å². The van der Waals surface area contributed by atoms with Gasteiger partial charge >= 0.3 is 13.6 Å². The summed E-state index contributed by atoms with van der Waals surface area (Å²) in [6, 6.07) is 7.36. The summed E-state index contributed by atoms with van der Waals surface area (Å²) >= 11 is 3.40. The molecule has 1 heterocycles. The SMILES string of the molecule is CCOP(=O)(OCC)[C@@H]1C[C@H](C(=O)OC)[C@H](c2ccc(Br)cc2)N1. The molecule has 1 aliphatic rings. The van der Waals surface area contributed by atoms with Gasteiger partial charge in [-0.1, -0.05) is 28.1 Å². The van der Waals surface area contributed by atoms with Crippen molar-refractivity contribution < 1.29 is 23.1 Å². The van der Waals surface area contributed by atoms with Crippen LogP contribution in [-0.2, 0) is 23.1 Å². The first-order valence-electron chi connectivity index (χ1n) is 7.93. The summed E-state index contributed by atoms with van der Waals surface area (Å²) in [5.41, 5.74) is 0.927. The maximum Gasteiger partial charge on any atom is 0.347 e. The summed E-state index contributed by atoms with van der Waals surface area (Å²) in [5.74, 6) is -1.33. The van der Waals surface area contributed by atoms with Crippen LogP contribution in [0.4, 0.5) is 0 Å². The molecule has 1 aromatic carbocycles. The summed E-state index contributed by atoms with van der Waals surface area (Å²) in [7, 11) is -1.99. The van der Waals surface area contributed by atoms with Gasteiger partial charge in [0.15, 0.2) is 0 Å². The maximum atomic E-state index is 13.0. The number of hydrogen-bond donors (Lipinski definition) is 1. The second-order valence-corrected chi connectivity index (χ2v) is 8.59. The minimum atomic E-state index is -3.35. The standard InChI is InChI=1S/C16H23BrNO5P/c1-4-22-24(20,23-5-2)14-10-13(16(19)21-3)15(18-14)11-6-8-12(17)9-7-11/h6-9,13-15,18H,4-5,10H2,1-3H3/t13-,14+,15-/m0/s1. The Labute approximate surface area is 150 Å². The van der Waals surface area contributed by atoms with Crippen molar-refractivity contribution in [1.29, 1.82) is 0 Å². The molecular formula is C16H23BrNO5P. The Balaban J connectivity index is 2.30. The minimum Gasteiger partial charge on any atom is -0.469 e. The minimum absolute atomic E-state index is 0.279. The Morgan fingerprint density at radius 1 is 1.25 bits per heavy atom. The first-order valence-corrected chi connectivity index (χ1v) is 10.3. The van der Waals surface area contributed by atoms with Crippen molar-refractivity contribution >= 4 is 29.5 Å². The smallest absolute Gasteiger partial charge is 0.347 e. The monoisotopic (exact) mass is 419 g/mol. The lowest BCUT2D eigenvalue weighted by molar-refractivity contribution is -0.145. The van der Waals surface area contributed by atoms with Gasteiger partial charge in [-0.05, 0) is 38.0 Å². The maximum absolute atomic E-state index is 13.0. The molecule has 1 saturated heterocycles. The fourth-order valence-corrected chi connectivity index (χ4v) is 5.19. The van der Waals surface area contributed by atoms with E-state index in [0.29, 0.717) is 6.42 Å². The molecular weight excluding hydrogens is 397 g/mol. The Morgan fingerprint density at radius 2 is 1.83 bits per heavy atom. The van der Waals surface area contributed by atoms with Gasteiger partial charge in [0.2, 0.25) is 0 Å². The number of carbonyl (C=O) groups excluding carboxylic acids is 1. The zero-order chi connectivity index (χ0) is 17.7. The van der Waals surface area contributed by atoms with E-state index in [0.717, 1.165) is 10.0 Å². The number of hydrogen-bond acceptors (Lipinski definition) is 6. The van der Waals surface area contributed by atoms with Crippen LogP contribution in [0.2, 0.25) is 0 Å². The second-order valence-electron chi connectivity index (χ2n) is 5.45. The van der Waals surface area contributed by atoms with E-state index >= 15 is 0 Å². The van der Waals surface area contributed by atoms with Crippen molar-refractivity contribution in [3.63, 3.8) is 0 Å². The van der Waals surface area contributed by atoms with E-state index in [1.54, 1.807) is 13.8 Å². The molecule has 6 nitrogen and oxygen atoms in total. The van der Waals surface area contributed by atoms with Crippen LogP contribution >= 0.6 is 23.5 Å². The summed E-state index contributed by atoms with van der Waals surface area (Å²) in [6.07, 6.45) is 0.338. The van der Waals surface area contributed by atoms with E-state index in [9.17, 15) is 9.36 Å². The van der Waals surface area contributed by atoms with Gasteiger partial charge in [0.05, 0.1) is 26.2 Å². The van der Waals surface area contributed by atoms with Gasteiger partial charge in [0.1, 0.15) is 5.78 Å². The van der Waals surface area contributed by atoms with Crippen molar-refractivity contribution in [2.45, 2.75) is 32.1 Å². The molecule has 0 aliphatic carbocycles. The molecule has 24 heavy (non-hydrogen) atoms. The Bertz CT molecular complexity index is 599. The van der Waals surface area contributed by atoms with E-state index < -0.39 is 19.3 Å². The van der Waals surface area contributed by atoms with Gasteiger partial charge in [0, 0.05) is 10.5 Å². The zero-order valence-electron chi connectivity index (χ0n) is 14.0. The molecule has 8 heteroatoms. The first kappa shape index (κ1) is 19.6. The van der Waals surface area contributed by atoms with E-state index in [1.807, 2.05) is 24.3 Å². The van der Waals surface area contributed by atoms with Gasteiger partial charge in [-0.15, -0.1) is 0 Å². The highest BCUT2D eigenvalue weighted by molar-refractivity contribution is 9.10. The van der Waals surface area contributed by atoms with Crippen molar-refractivity contribution in [1.82, 2.24) is 5.32 Å². The Kier molecular flexibility index (Phi) is 7.01. The number of methoxy groups -OCH3 is 1. The van der Waals surface area contributed by atoms with Gasteiger partial charge < -0.3 is 13.8 Å². The summed E-state index contributed by atoms with van der Waals surface area (Å²) in [6.45, 7) is 4.10. The largest absolute Gasteiger partial charge is 0.469 e. The van der Waals surface area contributed by atoms with Crippen LogP contribution in [0.1, 0.15) is 31.9 Å². The molecule has 0 aromatic heterocycles. The second kappa shape index (κ2) is 8.59. The van der Waals surface area contributed by atoms with E-state index in [-0.39, 0.29) is 25.2 Å². The number of esters is 1. The lowest BCUT2D eigenvalue weighted by atomic mass is 9.94. The van der Waals surface area contributed by atoms with Crippen molar-refractivity contribution in [2.24, 2.45) is 5.92 Å². The molecule has 1 fully saturated rings. The normalized spacial score (nSPS) is 24.1. The van der Waals surface area contributed by atoms with Gasteiger partial charge in [-0.25, -0.2) is 0 Å². The number of halogens is 1. The lowest BCUT2D eigenvalue weighted by Gasteiger charge is -2.23. The van der Waals surface area contributed by atoms with E-state index in [2.05, 4.69) is 21.2 Å². The third-order valence-corrected chi connectivity index (χ3v) is 6.87. The summed E-state index contributed by atoms with van der Waals surface area (Å²) in [4.78, 5) is 12.2. The molecule has 1 aliphatic heterocycles. The molecule has 2 rings (SSSR count). The molecule has 134 valence electrons. The van der Waals surface area contributed by atoms with Crippen LogP contribution in [-0.4, -0.2) is 32.1 Å². The van der Waals surface area contributed by atoms with Crippen molar-refractivity contribution in [3.8, 4) is 0 Å². The highest BCUT2D eigenvalue weighted by atomic mass is 79.9. The lowest BCUT2D eigenvalue weighted by Crippen LogP contribution is -2.28. The van der Waals surface area contributed by atoms with Crippen LogP contribution < -0.4 is 5.32 Å². The third kappa shape index (κ3) is 4.27. The quantitative estimate of drug-likeness (QED) is 0.534. The molecule has 0 saturated carbocycles. The highest BCUT2D eigenvalue weighted by Gasteiger charge is 2.48. The van der Waals surface area contributed by atoms with Crippen LogP contribution in [0.3, 0.4) is 0 Å². The number of benzene rings is 1. The number of nitrogens with one attached hydrogen (secondary N) is 1. The van der Waals surface area contributed by atoms with Gasteiger partial charge in [-0.2, -0.15) is 0 Å². The molecule has 0 spiro atoms. The molecule has 1 N–H and O–H groups in total. The molecule has 3 atom stereocenters. The van der Waals surface area contributed by atoms with E-state index in [1.165, 1.54) is 7.11 Å². The number of carbonyl (C=O) groups is 1. The van der Waals surface area contributed by atoms with Crippen molar-refractivity contribution in [3.05, 3.63) is 34.3 Å². The molecule has 1 aromatic rings. The van der Waals surface area contributed by atoms with Gasteiger partial charge in [-0.3, -0.25) is 14.7 Å². The molecule has 0 radical (unpaired) electrons. The zero-order valence-corrected chi connectivity index (χ0v) is 16.5. The average molecular weight is 420 g/mol. The molecule has 0 unspecified atom stereocenters. The fraction of sp³-hybridized carbons (Fsp3) is 0.562. The first-order chi connectivity index (χ1) is 11.4. The molecule has 0 bridgehead atoms. The Hall–Kier alpha value is -0.720. The Morgan fingerprint density at radius 3 is 2.33 bits per heavy atom. The third-order valence-electron chi connectivity index (χ3n) is 3.98. The predicted octanol–water partition coefficient (Wildman–Crippen LogP) is 3.86. The fourth-order valence-electron chi connectivity index (χ4n) is 2.95. The predicted molar refractivity (Wildman–Crippen MR) is 94.8 cm³/mol. The summed E-state index contributed by atoms with van der Waals surface area (Å²) < 4.78 is 29.8. The number of ether oxygens (including phenoxy) is 1. The van der Waals surface area contributed by atoms with Crippen LogP contribution in [0.25, 0.3) is 0 Å². The van der Waals surface area contributed by atoms with Crippen molar-refractivity contribution in [2.75, 3.05) is 20.3 Å². The average Bonchev–Trinajstić information content (AvgIpc) is 3.01.